The standard InChI is InChI=1S/C19H21N3O6/c23-15(22-28)9-14-16(10-4-6-11(7-5-10)18(24)25)20-21-17(14)12-2-1-3-13(8-12)19(26)27/h1-3,8,10-11,28H,4-7,9H2,(H,20,21)(H,22,23)(H,24,25)(H,26,27)/t10-,11-. The van der Waals surface area contributed by atoms with E-state index >= 15 is 0 Å². The van der Waals surface area contributed by atoms with Gasteiger partial charge in [0, 0.05) is 17.0 Å². The molecule has 1 aromatic heterocycles. The molecule has 1 amide bonds. The van der Waals surface area contributed by atoms with Crippen LogP contribution in [0.4, 0.5) is 0 Å². The number of carbonyl (C=O) groups is 3. The van der Waals surface area contributed by atoms with Gasteiger partial charge in [-0.15, -0.1) is 0 Å². The molecule has 0 aliphatic heterocycles. The van der Waals surface area contributed by atoms with Gasteiger partial charge in [-0.1, -0.05) is 12.1 Å². The SMILES string of the molecule is O=C(Cc1c(-c2cccc(C(=O)O)c2)[nH]nc1[C@H]1CC[C@H](C(=O)O)CC1)NO. The van der Waals surface area contributed by atoms with Gasteiger partial charge in [0.15, 0.2) is 0 Å². The van der Waals surface area contributed by atoms with Crippen LogP contribution in [0.3, 0.4) is 0 Å². The topological polar surface area (TPSA) is 153 Å². The fraction of sp³-hybridized carbons (Fsp3) is 0.368. The van der Waals surface area contributed by atoms with Crippen molar-refractivity contribution < 1.29 is 29.8 Å². The second-order valence-electron chi connectivity index (χ2n) is 6.95. The number of carboxylic acids is 2. The van der Waals surface area contributed by atoms with Gasteiger partial charge in [0.25, 0.3) is 0 Å². The molecule has 3 rings (SSSR count). The van der Waals surface area contributed by atoms with E-state index in [1.807, 2.05) is 0 Å². The number of rotatable bonds is 6. The Hall–Kier alpha value is -3.20. The summed E-state index contributed by atoms with van der Waals surface area (Å²) in [6.07, 6.45) is 2.19. The lowest BCUT2D eigenvalue weighted by Gasteiger charge is -2.25. The summed E-state index contributed by atoms with van der Waals surface area (Å²) >= 11 is 0. The monoisotopic (exact) mass is 387 g/mol. The molecule has 9 heteroatoms. The van der Waals surface area contributed by atoms with E-state index in [1.54, 1.807) is 17.6 Å². The number of hydroxylamine groups is 1. The van der Waals surface area contributed by atoms with Crippen molar-refractivity contribution in [2.75, 3.05) is 0 Å². The zero-order chi connectivity index (χ0) is 20.3. The molecule has 0 atom stereocenters. The van der Waals surface area contributed by atoms with E-state index in [0.29, 0.717) is 48.2 Å². The maximum Gasteiger partial charge on any atom is 0.335 e. The highest BCUT2D eigenvalue weighted by Gasteiger charge is 2.31. The number of aromatic carboxylic acids is 1. The fourth-order valence-electron chi connectivity index (χ4n) is 3.76. The van der Waals surface area contributed by atoms with Gasteiger partial charge in [0.2, 0.25) is 5.91 Å². The summed E-state index contributed by atoms with van der Waals surface area (Å²) in [6, 6.07) is 6.27. The summed E-state index contributed by atoms with van der Waals surface area (Å²) in [5.41, 5.74) is 4.03. The van der Waals surface area contributed by atoms with E-state index in [4.69, 9.17) is 5.21 Å². The molecule has 5 N–H and O–H groups in total. The van der Waals surface area contributed by atoms with E-state index < -0.39 is 17.8 Å². The number of hydrogen-bond donors (Lipinski definition) is 5. The number of amides is 1. The molecule has 1 aliphatic rings. The van der Waals surface area contributed by atoms with E-state index in [0.717, 1.165) is 0 Å². The molecule has 1 heterocycles. The van der Waals surface area contributed by atoms with Gasteiger partial charge in [-0.05, 0) is 37.8 Å². The number of carboxylic acid groups (broad SMARTS) is 2. The fourth-order valence-corrected chi connectivity index (χ4v) is 3.76. The first-order valence-corrected chi connectivity index (χ1v) is 8.97. The van der Waals surface area contributed by atoms with Crippen molar-refractivity contribution in [1.29, 1.82) is 0 Å². The summed E-state index contributed by atoms with van der Waals surface area (Å²) in [4.78, 5) is 34.3. The molecule has 148 valence electrons. The van der Waals surface area contributed by atoms with Crippen molar-refractivity contribution in [3.8, 4) is 11.3 Å². The van der Waals surface area contributed by atoms with E-state index in [2.05, 4.69) is 10.2 Å². The third-order valence-electron chi connectivity index (χ3n) is 5.22. The summed E-state index contributed by atoms with van der Waals surface area (Å²) in [6.45, 7) is 0. The third-order valence-corrected chi connectivity index (χ3v) is 5.22. The highest BCUT2D eigenvalue weighted by molar-refractivity contribution is 5.89. The zero-order valence-electron chi connectivity index (χ0n) is 15.0. The van der Waals surface area contributed by atoms with Gasteiger partial charge in [0.05, 0.1) is 29.3 Å². The largest absolute Gasteiger partial charge is 0.481 e. The van der Waals surface area contributed by atoms with Gasteiger partial charge in [-0.25, -0.2) is 10.3 Å². The van der Waals surface area contributed by atoms with Crippen LogP contribution in [-0.2, 0) is 16.0 Å². The van der Waals surface area contributed by atoms with Gasteiger partial charge < -0.3 is 10.2 Å². The van der Waals surface area contributed by atoms with Crippen molar-refractivity contribution in [3.63, 3.8) is 0 Å². The molecule has 1 aliphatic carbocycles. The molecule has 0 bridgehead atoms. The number of nitrogens with one attached hydrogen (secondary N) is 2. The molecule has 0 saturated heterocycles. The Kier molecular flexibility index (Phi) is 5.74. The van der Waals surface area contributed by atoms with Crippen LogP contribution in [0.5, 0.6) is 0 Å². The van der Waals surface area contributed by atoms with Crippen LogP contribution in [0.15, 0.2) is 24.3 Å². The number of benzene rings is 1. The number of aromatic nitrogens is 2. The highest BCUT2D eigenvalue weighted by Crippen LogP contribution is 2.39. The van der Waals surface area contributed by atoms with Crippen LogP contribution in [0.1, 0.15) is 53.2 Å². The van der Waals surface area contributed by atoms with E-state index in [1.165, 1.54) is 12.1 Å². The van der Waals surface area contributed by atoms with Crippen LogP contribution < -0.4 is 5.48 Å². The van der Waals surface area contributed by atoms with Crippen LogP contribution in [0.2, 0.25) is 0 Å². The lowest BCUT2D eigenvalue weighted by atomic mass is 9.79. The van der Waals surface area contributed by atoms with E-state index in [-0.39, 0.29) is 23.8 Å². The Balaban J connectivity index is 1.96. The molecular formula is C19H21N3O6. The van der Waals surface area contributed by atoms with Crippen molar-refractivity contribution in [2.45, 2.75) is 38.0 Å². The molecule has 0 spiro atoms. The molecule has 1 aromatic carbocycles. The molecule has 9 nitrogen and oxygen atoms in total. The molecule has 0 radical (unpaired) electrons. The van der Waals surface area contributed by atoms with Crippen molar-refractivity contribution in [1.82, 2.24) is 15.7 Å². The Morgan fingerprint density at radius 2 is 1.86 bits per heavy atom. The molecule has 28 heavy (non-hydrogen) atoms. The number of aliphatic carboxylic acids is 1. The van der Waals surface area contributed by atoms with E-state index in [9.17, 15) is 24.6 Å². The third kappa shape index (κ3) is 4.04. The maximum absolute atomic E-state index is 11.8. The van der Waals surface area contributed by atoms with Crippen LogP contribution in [0.25, 0.3) is 11.3 Å². The molecular weight excluding hydrogens is 366 g/mol. The number of nitrogens with zero attached hydrogens (tertiary/aromatic N) is 1. The Morgan fingerprint density at radius 3 is 2.46 bits per heavy atom. The molecule has 1 saturated carbocycles. The minimum Gasteiger partial charge on any atom is -0.481 e. The average molecular weight is 387 g/mol. The predicted octanol–water partition coefficient (Wildman–Crippen LogP) is 2.18. The summed E-state index contributed by atoms with van der Waals surface area (Å²) in [5.74, 6) is -2.86. The van der Waals surface area contributed by atoms with Gasteiger partial charge in [-0.2, -0.15) is 5.10 Å². The quantitative estimate of drug-likeness (QED) is 0.376. The lowest BCUT2D eigenvalue weighted by Crippen LogP contribution is -2.23. The molecule has 1 fully saturated rings. The van der Waals surface area contributed by atoms with Crippen LogP contribution >= 0.6 is 0 Å². The number of hydrogen-bond acceptors (Lipinski definition) is 5. The zero-order valence-corrected chi connectivity index (χ0v) is 15.0. The first-order valence-electron chi connectivity index (χ1n) is 8.97. The van der Waals surface area contributed by atoms with Crippen molar-refractivity contribution in [2.24, 2.45) is 5.92 Å². The minimum absolute atomic E-state index is 0.00949. The number of aromatic amines is 1. The lowest BCUT2D eigenvalue weighted by molar-refractivity contribution is -0.142. The van der Waals surface area contributed by atoms with Crippen LogP contribution in [-0.4, -0.2) is 43.5 Å². The Bertz CT molecular complexity index is 899. The molecule has 0 unspecified atom stereocenters. The average Bonchev–Trinajstić information content (AvgIpc) is 3.11. The first kappa shape index (κ1) is 19.6. The summed E-state index contributed by atoms with van der Waals surface area (Å²) < 4.78 is 0. The predicted molar refractivity (Wildman–Crippen MR) is 97.0 cm³/mol. The van der Waals surface area contributed by atoms with Gasteiger partial charge in [0.1, 0.15) is 0 Å². The Labute approximate surface area is 160 Å². The summed E-state index contributed by atoms with van der Waals surface area (Å²) in [5, 5.41) is 34.6. The van der Waals surface area contributed by atoms with Crippen molar-refractivity contribution in [3.05, 3.63) is 41.1 Å². The second-order valence-corrected chi connectivity index (χ2v) is 6.95. The highest BCUT2D eigenvalue weighted by atomic mass is 16.5. The van der Waals surface area contributed by atoms with Crippen LogP contribution in [0, 0.1) is 5.92 Å². The number of H-pyrrole nitrogens is 1. The number of carbonyl (C=O) groups excluding carboxylic acids is 1. The molecule has 2 aromatic rings. The smallest absolute Gasteiger partial charge is 0.335 e. The minimum atomic E-state index is -1.07. The van der Waals surface area contributed by atoms with Gasteiger partial charge in [-0.3, -0.25) is 19.9 Å². The van der Waals surface area contributed by atoms with Crippen molar-refractivity contribution >= 4 is 17.8 Å². The first-order chi connectivity index (χ1) is 13.4. The Morgan fingerprint density at radius 1 is 1.14 bits per heavy atom. The summed E-state index contributed by atoms with van der Waals surface area (Å²) in [7, 11) is 0. The normalized spacial score (nSPS) is 19.2. The maximum atomic E-state index is 11.8. The second kappa shape index (κ2) is 8.22. The van der Waals surface area contributed by atoms with Gasteiger partial charge >= 0.3 is 11.9 Å².